The Balaban J connectivity index is 1.13. The van der Waals surface area contributed by atoms with Gasteiger partial charge in [-0.2, -0.15) is 5.26 Å². The number of piperidine rings is 1. The molecule has 1 spiro atoms. The van der Waals surface area contributed by atoms with Gasteiger partial charge in [0.2, 0.25) is 0 Å². The summed E-state index contributed by atoms with van der Waals surface area (Å²) in [5, 5.41) is 10.7. The number of ether oxygens (including phenoxy) is 1. The number of likely N-dealkylation sites (tertiary alicyclic amines) is 1. The number of H-pyrrole nitrogens is 1. The van der Waals surface area contributed by atoms with Crippen molar-refractivity contribution in [1.29, 1.82) is 5.26 Å². The maximum absolute atomic E-state index is 13.4. The first-order valence-electron chi connectivity index (χ1n) is 15.4. The van der Waals surface area contributed by atoms with E-state index in [1.54, 1.807) is 7.11 Å². The molecule has 0 radical (unpaired) electrons. The standard InChI is InChI=1S/C34H41N5O2/c1-23-17-31(41-2)29(28-9-11-36-32(23)28)22-39-12-10-34(18-24(19-34)21-35)20-30(39)25-3-5-26(6-4-25)33(40)38-15-13-37(14-16-38)27-7-8-27/h3-6,9,11,17,24,27,30,36H,7-8,10,12-16,18-20,22H2,1-2H3/t24?,30-,34?/m0/s1. The summed E-state index contributed by atoms with van der Waals surface area (Å²) >= 11 is 0. The van der Waals surface area contributed by atoms with Gasteiger partial charge >= 0.3 is 0 Å². The fourth-order valence-electron chi connectivity index (χ4n) is 7.89. The average molecular weight is 552 g/mol. The summed E-state index contributed by atoms with van der Waals surface area (Å²) in [6.07, 6.45) is 8.83. The lowest BCUT2D eigenvalue weighted by Crippen LogP contribution is -2.49. The maximum Gasteiger partial charge on any atom is 0.253 e. The molecule has 4 fully saturated rings. The second-order valence-corrected chi connectivity index (χ2v) is 13.0. The van der Waals surface area contributed by atoms with Gasteiger partial charge in [-0.05, 0) is 92.8 Å². The number of hydrogen-bond acceptors (Lipinski definition) is 5. The van der Waals surface area contributed by atoms with Crippen LogP contribution in [0.5, 0.6) is 5.75 Å². The van der Waals surface area contributed by atoms with Gasteiger partial charge < -0.3 is 14.6 Å². The molecule has 7 rings (SSSR count). The van der Waals surface area contributed by atoms with Crippen molar-refractivity contribution in [2.75, 3.05) is 39.8 Å². The van der Waals surface area contributed by atoms with Crippen LogP contribution < -0.4 is 4.74 Å². The molecule has 0 unspecified atom stereocenters. The van der Waals surface area contributed by atoms with Crippen molar-refractivity contribution in [3.63, 3.8) is 0 Å². The van der Waals surface area contributed by atoms with Gasteiger partial charge in [0, 0.05) is 79.0 Å². The van der Waals surface area contributed by atoms with Gasteiger partial charge in [0.25, 0.3) is 5.91 Å². The molecule has 2 aliphatic heterocycles. The summed E-state index contributed by atoms with van der Waals surface area (Å²) in [5.41, 5.74) is 5.87. The van der Waals surface area contributed by atoms with Crippen molar-refractivity contribution in [2.24, 2.45) is 11.3 Å². The summed E-state index contributed by atoms with van der Waals surface area (Å²) in [6, 6.07) is 16.3. The van der Waals surface area contributed by atoms with E-state index in [9.17, 15) is 10.1 Å². The van der Waals surface area contributed by atoms with Gasteiger partial charge in [0.05, 0.1) is 13.2 Å². The van der Waals surface area contributed by atoms with Gasteiger partial charge in [-0.3, -0.25) is 14.6 Å². The highest BCUT2D eigenvalue weighted by Gasteiger charge is 2.49. The largest absolute Gasteiger partial charge is 0.496 e. The Morgan fingerprint density at radius 3 is 2.51 bits per heavy atom. The number of nitrogens with one attached hydrogen (secondary N) is 1. The summed E-state index contributed by atoms with van der Waals surface area (Å²) in [5.74, 6) is 1.28. The lowest BCUT2D eigenvalue weighted by molar-refractivity contribution is -0.0298. The lowest BCUT2D eigenvalue weighted by Gasteiger charge is -2.53. The van der Waals surface area contributed by atoms with E-state index in [1.165, 1.54) is 40.4 Å². The minimum Gasteiger partial charge on any atom is -0.496 e. The van der Waals surface area contributed by atoms with Crippen molar-refractivity contribution in [3.05, 3.63) is 64.8 Å². The molecular formula is C34H41N5O2. The van der Waals surface area contributed by atoms with Crippen LogP contribution in [0.1, 0.15) is 71.6 Å². The molecule has 2 saturated carbocycles. The number of rotatable bonds is 6. The van der Waals surface area contributed by atoms with E-state index in [1.807, 2.05) is 23.2 Å². The number of hydrogen-bond donors (Lipinski definition) is 1. The Kier molecular flexibility index (Phi) is 6.79. The number of carbonyl (C=O) groups excluding carboxylic acids is 1. The van der Waals surface area contributed by atoms with Gasteiger partial charge in [-0.1, -0.05) is 12.1 Å². The first kappa shape index (κ1) is 26.6. The highest BCUT2D eigenvalue weighted by atomic mass is 16.5. The van der Waals surface area contributed by atoms with E-state index in [2.05, 4.69) is 52.0 Å². The topological polar surface area (TPSA) is 75.6 Å². The Morgan fingerprint density at radius 2 is 1.83 bits per heavy atom. The van der Waals surface area contributed by atoms with E-state index in [-0.39, 0.29) is 23.3 Å². The zero-order valence-corrected chi connectivity index (χ0v) is 24.4. The number of nitriles is 1. The summed E-state index contributed by atoms with van der Waals surface area (Å²) in [4.78, 5) is 23.9. The van der Waals surface area contributed by atoms with Crippen LogP contribution in [-0.4, -0.2) is 71.5 Å². The number of methoxy groups -OCH3 is 1. The number of fused-ring (bicyclic) bond motifs is 1. The molecule has 2 saturated heterocycles. The van der Waals surface area contributed by atoms with E-state index < -0.39 is 0 Å². The molecule has 4 aliphatic rings. The van der Waals surface area contributed by atoms with Crippen molar-refractivity contribution >= 4 is 16.8 Å². The predicted octanol–water partition coefficient (Wildman–Crippen LogP) is 5.66. The zero-order valence-electron chi connectivity index (χ0n) is 24.4. The van der Waals surface area contributed by atoms with E-state index in [4.69, 9.17) is 4.74 Å². The van der Waals surface area contributed by atoms with E-state index in [0.29, 0.717) is 0 Å². The monoisotopic (exact) mass is 551 g/mol. The molecule has 7 heteroatoms. The van der Waals surface area contributed by atoms with Gasteiger partial charge in [0.15, 0.2) is 0 Å². The fourth-order valence-corrected chi connectivity index (χ4v) is 7.89. The van der Waals surface area contributed by atoms with Crippen molar-refractivity contribution in [2.45, 2.75) is 64.1 Å². The first-order valence-corrected chi connectivity index (χ1v) is 15.4. The molecule has 7 nitrogen and oxygen atoms in total. The van der Waals surface area contributed by atoms with Crippen LogP contribution in [0.25, 0.3) is 10.9 Å². The fraction of sp³-hybridized carbons (Fsp3) is 0.529. The summed E-state index contributed by atoms with van der Waals surface area (Å²) in [6.45, 7) is 7.53. The molecule has 0 bridgehead atoms. The molecule has 41 heavy (non-hydrogen) atoms. The number of aromatic nitrogens is 1. The zero-order chi connectivity index (χ0) is 28.1. The molecule has 3 heterocycles. The molecule has 1 N–H and O–H groups in total. The Morgan fingerprint density at radius 1 is 1.07 bits per heavy atom. The van der Waals surface area contributed by atoms with Crippen LogP contribution in [0.4, 0.5) is 0 Å². The molecule has 1 aromatic heterocycles. The summed E-state index contributed by atoms with van der Waals surface area (Å²) in [7, 11) is 1.76. The highest BCUT2D eigenvalue weighted by Crippen LogP contribution is 2.57. The van der Waals surface area contributed by atoms with E-state index >= 15 is 0 Å². The predicted molar refractivity (Wildman–Crippen MR) is 160 cm³/mol. The van der Waals surface area contributed by atoms with Crippen molar-refractivity contribution in [3.8, 4) is 11.8 Å². The van der Waals surface area contributed by atoms with Crippen molar-refractivity contribution < 1.29 is 9.53 Å². The Hall–Kier alpha value is -3.34. The van der Waals surface area contributed by atoms with Crippen LogP contribution in [0.2, 0.25) is 0 Å². The SMILES string of the molecule is COc1cc(C)c2[nH]ccc2c1CN1CCC2(CC(C#N)C2)C[C@H]1c1ccc(C(=O)N2CCN(C3CC3)CC2)cc1. The van der Waals surface area contributed by atoms with Crippen molar-refractivity contribution in [1.82, 2.24) is 19.7 Å². The quantitative estimate of drug-likeness (QED) is 0.428. The van der Waals surface area contributed by atoms with Crippen LogP contribution in [0.3, 0.4) is 0 Å². The van der Waals surface area contributed by atoms with Crippen LogP contribution in [0.15, 0.2) is 42.6 Å². The minimum atomic E-state index is 0.152. The molecule has 2 aromatic carbocycles. The van der Waals surface area contributed by atoms with Gasteiger partial charge in [0.1, 0.15) is 5.75 Å². The molecule has 1 amide bonds. The minimum absolute atomic E-state index is 0.152. The number of aryl methyl sites for hydroxylation is 1. The Labute approximate surface area is 243 Å². The molecule has 3 aromatic rings. The number of benzene rings is 2. The number of aromatic amines is 1. The first-order chi connectivity index (χ1) is 20.0. The summed E-state index contributed by atoms with van der Waals surface area (Å²) < 4.78 is 5.89. The third-order valence-electron chi connectivity index (χ3n) is 10.4. The average Bonchev–Trinajstić information content (AvgIpc) is 3.72. The number of amides is 1. The third-order valence-corrected chi connectivity index (χ3v) is 10.4. The number of piperazine rings is 1. The second-order valence-electron chi connectivity index (χ2n) is 13.0. The highest BCUT2D eigenvalue weighted by molar-refractivity contribution is 5.94. The van der Waals surface area contributed by atoms with E-state index in [0.717, 1.165) is 82.3 Å². The van der Waals surface area contributed by atoms with Crippen LogP contribution >= 0.6 is 0 Å². The second kappa shape index (κ2) is 10.5. The molecule has 1 atom stereocenters. The van der Waals surface area contributed by atoms with Crippen LogP contribution in [0, 0.1) is 29.6 Å². The third kappa shape index (κ3) is 4.91. The van der Waals surface area contributed by atoms with Gasteiger partial charge in [-0.15, -0.1) is 0 Å². The normalized spacial score (nSPS) is 27.1. The number of carbonyl (C=O) groups is 1. The Bertz CT molecular complexity index is 1470. The molecule has 2 aliphatic carbocycles. The molecular weight excluding hydrogens is 510 g/mol. The maximum atomic E-state index is 13.4. The molecule has 214 valence electrons. The van der Waals surface area contributed by atoms with Crippen LogP contribution in [-0.2, 0) is 6.54 Å². The van der Waals surface area contributed by atoms with Gasteiger partial charge in [-0.25, -0.2) is 0 Å². The lowest BCUT2D eigenvalue weighted by atomic mass is 9.56. The smallest absolute Gasteiger partial charge is 0.253 e. The number of nitrogens with zero attached hydrogens (tertiary/aromatic N) is 4.